The Balaban J connectivity index is 1.83. The smallest absolute Gasteiger partial charge is 0.237 e. The standard InChI is InChI=1S/C20H20N2O3S2/c1-13-9-14(2)11-16(10-13)22(19(23)15-7-8-27(24,25)12-15)20-21-17-5-3-4-6-18(17)26-20/h3-6,9-11,15H,7-8,12H2,1-2H3/t15-/m0/s1. The van der Waals surface area contributed by atoms with Crippen LogP contribution in [-0.2, 0) is 14.6 Å². The van der Waals surface area contributed by atoms with Gasteiger partial charge in [-0.1, -0.05) is 29.5 Å². The number of amides is 1. The summed E-state index contributed by atoms with van der Waals surface area (Å²) in [5.41, 5.74) is 3.66. The Morgan fingerprint density at radius 3 is 2.48 bits per heavy atom. The average molecular weight is 401 g/mol. The normalized spacial score (nSPS) is 18.7. The zero-order valence-electron chi connectivity index (χ0n) is 15.2. The average Bonchev–Trinajstić information content (AvgIpc) is 3.16. The van der Waals surface area contributed by atoms with Crippen molar-refractivity contribution in [1.82, 2.24) is 4.98 Å². The van der Waals surface area contributed by atoms with Gasteiger partial charge < -0.3 is 0 Å². The minimum absolute atomic E-state index is 0.0733. The third-order valence-corrected chi connectivity index (χ3v) is 7.53. The lowest BCUT2D eigenvalue weighted by atomic mass is 10.1. The largest absolute Gasteiger partial charge is 0.274 e. The third kappa shape index (κ3) is 3.61. The highest BCUT2D eigenvalue weighted by molar-refractivity contribution is 7.91. The number of aryl methyl sites for hydroxylation is 2. The van der Waals surface area contributed by atoms with Gasteiger partial charge in [-0.25, -0.2) is 13.4 Å². The Hall–Kier alpha value is -2.25. The second-order valence-corrected chi connectivity index (χ2v) is 10.3. The fourth-order valence-electron chi connectivity index (χ4n) is 3.54. The molecule has 7 heteroatoms. The van der Waals surface area contributed by atoms with Gasteiger partial charge in [0.2, 0.25) is 5.91 Å². The number of hydrogen-bond acceptors (Lipinski definition) is 5. The lowest BCUT2D eigenvalue weighted by molar-refractivity contribution is -0.120. The molecule has 1 saturated heterocycles. The molecule has 0 N–H and O–H groups in total. The van der Waals surface area contributed by atoms with Crippen LogP contribution in [0.15, 0.2) is 42.5 Å². The van der Waals surface area contributed by atoms with Crippen molar-refractivity contribution in [2.75, 3.05) is 16.4 Å². The van der Waals surface area contributed by atoms with E-state index in [9.17, 15) is 13.2 Å². The van der Waals surface area contributed by atoms with Gasteiger partial charge in [0.25, 0.3) is 0 Å². The first-order valence-electron chi connectivity index (χ1n) is 8.81. The molecule has 1 aliphatic heterocycles. The Labute approximate surface area is 162 Å². The van der Waals surface area contributed by atoms with Gasteiger partial charge in [0.1, 0.15) is 0 Å². The molecule has 0 bridgehead atoms. The van der Waals surface area contributed by atoms with Crippen molar-refractivity contribution in [3.8, 4) is 0 Å². The van der Waals surface area contributed by atoms with Crippen molar-refractivity contribution in [2.45, 2.75) is 20.3 Å². The molecule has 1 amide bonds. The van der Waals surface area contributed by atoms with Crippen LogP contribution in [0.2, 0.25) is 0 Å². The first kappa shape index (κ1) is 18.1. The molecule has 4 rings (SSSR count). The summed E-state index contributed by atoms with van der Waals surface area (Å²) in [5.74, 6) is -0.731. The summed E-state index contributed by atoms with van der Waals surface area (Å²) in [5, 5.41) is 0.579. The summed E-state index contributed by atoms with van der Waals surface area (Å²) >= 11 is 1.44. The van der Waals surface area contributed by atoms with Gasteiger partial charge >= 0.3 is 0 Å². The maximum absolute atomic E-state index is 13.4. The first-order chi connectivity index (χ1) is 12.8. The Morgan fingerprint density at radius 1 is 1.15 bits per heavy atom. The number of hydrogen-bond donors (Lipinski definition) is 0. The highest BCUT2D eigenvalue weighted by Crippen LogP contribution is 2.36. The first-order valence-corrected chi connectivity index (χ1v) is 11.4. The van der Waals surface area contributed by atoms with E-state index in [0.717, 1.165) is 27.0 Å². The number of anilines is 2. The van der Waals surface area contributed by atoms with E-state index in [1.54, 1.807) is 4.90 Å². The van der Waals surface area contributed by atoms with Crippen LogP contribution < -0.4 is 4.90 Å². The van der Waals surface area contributed by atoms with Gasteiger partial charge in [0.05, 0.1) is 33.3 Å². The van der Waals surface area contributed by atoms with Crippen molar-refractivity contribution >= 4 is 48.1 Å². The number of carbonyl (C=O) groups is 1. The molecule has 5 nitrogen and oxygen atoms in total. The van der Waals surface area contributed by atoms with Crippen molar-refractivity contribution in [2.24, 2.45) is 5.92 Å². The van der Waals surface area contributed by atoms with E-state index in [4.69, 9.17) is 0 Å². The molecular formula is C20H20N2O3S2. The second kappa shape index (κ2) is 6.73. The van der Waals surface area contributed by atoms with E-state index in [0.29, 0.717) is 11.6 Å². The van der Waals surface area contributed by atoms with Crippen molar-refractivity contribution in [3.63, 3.8) is 0 Å². The van der Waals surface area contributed by atoms with Crippen LogP contribution in [-0.4, -0.2) is 30.8 Å². The van der Waals surface area contributed by atoms with Gasteiger partial charge in [-0.2, -0.15) is 0 Å². The lowest BCUT2D eigenvalue weighted by Crippen LogP contribution is -2.33. The summed E-state index contributed by atoms with van der Waals surface area (Å²) in [6.07, 6.45) is 0.368. The van der Waals surface area contributed by atoms with Gasteiger partial charge in [-0.15, -0.1) is 0 Å². The third-order valence-electron chi connectivity index (χ3n) is 4.74. The van der Waals surface area contributed by atoms with Gasteiger partial charge in [-0.3, -0.25) is 9.69 Å². The minimum atomic E-state index is -3.14. The number of thiazole rings is 1. The maximum atomic E-state index is 13.4. The van der Waals surface area contributed by atoms with E-state index in [1.807, 2.05) is 56.3 Å². The molecule has 0 unspecified atom stereocenters. The Bertz CT molecular complexity index is 1080. The molecule has 0 radical (unpaired) electrons. The van der Waals surface area contributed by atoms with E-state index in [1.165, 1.54) is 11.3 Å². The SMILES string of the molecule is Cc1cc(C)cc(N(C(=O)[C@H]2CCS(=O)(=O)C2)c2nc3ccccc3s2)c1. The predicted molar refractivity (Wildman–Crippen MR) is 109 cm³/mol. The minimum Gasteiger partial charge on any atom is -0.274 e. The number of nitrogens with zero attached hydrogens (tertiary/aromatic N) is 2. The molecular weight excluding hydrogens is 380 g/mol. The van der Waals surface area contributed by atoms with Crippen molar-refractivity contribution < 1.29 is 13.2 Å². The quantitative estimate of drug-likeness (QED) is 0.666. The highest BCUT2D eigenvalue weighted by Gasteiger charge is 2.37. The molecule has 1 atom stereocenters. The lowest BCUT2D eigenvalue weighted by Gasteiger charge is -2.23. The molecule has 0 aliphatic carbocycles. The predicted octanol–water partition coefficient (Wildman–Crippen LogP) is 4.01. The number of fused-ring (bicyclic) bond motifs is 1. The van der Waals surface area contributed by atoms with Crippen LogP contribution in [0, 0.1) is 19.8 Å². The Morgan fingerprint density at radius 2 is 1.85 bits per heavy atom. The highest BCUT2D eigenvalue weighted by atomic mass is 32.2. The molecule has 0 spiro atoms. The molecule has 2 aromatic carbocycles. The fourth-order valence-corrected chi connectivity index (χ4v) is 6.26. The van der Waals surface area contributed by atoms with Gasteiger partial charge in [0.15, 0.2) is 15.0 Å². The number of benzene rings is 2. The monoisotopic (exact) mass is 400 g/mol. The van der Waals surface area contributed by atoms with Crippen LogP contribution in [0.5, 0.6) is 0 Å². The van der Waals surface area contributed by atoms with Gasteiger partial charge in [-0.05, 0) is 55.7 Å². The van der Waals surface area contributed by atoms with E-state index in [-0.39, 0.29) is 17.4 Å². The van der Waals surface area contributed by atoms with Crippen LogP contribution in [0.4, 0.5) is 10.8 Å². The van der Waals surface area contributed by atoms with Crippen LogP contribution >= 0.6 is 11.3 Å². The van der Waals surface area contributed by atoms with Crippen LogP contribution in [0.3, 0.4) is 0 Å². The summed E-state index contributed by atoms with van der Waals surface area (Å²) in [6, 6.07) is 13.7. The number of sulfone groups is 1. The molecule has 2 heterocycles. The van der Waals surface area contributed by atoms with Crippen molar-refractivity contribution in [3.05, 3.63) is 53.6 Å². The van der Waals surface area contributed by atoms with Crippen LogP contribution in [0.1, 0.15) is 17.5 Å². The summed E-state index contributed by atoms with van der Waals surface area (Å²) in [4.78, 5) is 19.6. The fraction of sp³-hybridized carbons (Fsp3) is 0.300. The Kier molecular flexibility index (Phi) is 4.52. The van der Waals surface area contributed by atoms with Crippen molar-refractivity contribution in [1.29, 1.82) is 0 Å². The van der Waals surface area contributed by atoms with Gasteiger partial charge in [0, 0.05) is 0 Å². The summed E-state index contributed by atoms with van der Waals surface area (Å²) < 4.78 is 24.8. The molecule has 0 saturated carbocycles. The van der Waals surface area contributed by atoms with Crippen LogP contribution in [0.25, 0.3) is 10.2 Å². The van der Waals surface area contributed by atoms with E-state index in [2.05, 4.69) is 4.98 Å². The van der Waals surface area contributed by atoms with E-state index < -0.39 is 15.8 Å². The summed E-state index contributed by atoms with van der Waals surface area (Å²) in [6.45, 7) is 3.97. The number of carbonyl (C=O) groups excluding carboxylic acids is 1. The molecule has 27 heavy (non-hydrogen) atoms. The van der Waals surface area contributed by atoms with E-state index >= 15 is 0 Å². The number of aromatic nitrogens is 1. The maximum Gasteiger partial charge on any atom is 0.237 e. The zero-order chi connectivity index (χ0) is 19.2. The molecule has 1 aliphatic rings. The number of para-hydroxylation sites is 1. The second-order valence-electron chi connectivity index (χ2n) is 7.08. The molecule has 1 fully saturated rings. The zero-order valence-corrected chi connectivity index (χ0v) is 16.8. The molecule has 1 aromatic heterocycles. The topological polar surface area (TPSA) is 67.3 Å². The number of rotatable bonds is 3. The summed E-state index contributed by atoms with van der Waals surface area (Å²) in [7, 11) is -3.14. The molecule has 3 aromatic rings. The molecule has 140 valence electrons.